The summed E-state index contributed by atoms with van der Waals surface area (Å²) in [6.45, 7) is 3.27. The molecule has 2 amide bonds. The number of rotatable bonds is 3. The van der Waals surface area contributed by atoms with Crippen LogP contribution in [0, 0.1) is 6.92 Å². The number of amides is 2. The molecule has 1 aromatic carbocycles. The second kappa shape index (κ2) is 5.79. The highest BCUT2D eigenvalue weighted by atomic mass is 35.5. The summed E-state index contributed by atoms with van der Waals surface area (Å²) in [4.78, 5) is 23.1. The summed E-state index contributed by atoms with van der Waals surface area (Å²) in [6, 6.07) is 6.74. The zero-order chi connectivity index (χ0) is 14.7. The van der Waals surface area contributed by atoms with Crippen molar-refractivity contribution in [2.75, 3.05) is 10.6 Å². The van der Waals surface area contributed by atoms with Gasteiger partial charge in [0.25, 0.3) is 5.91 Å². The first-order valence-corrected chi connectivity index (χ1v) is 6.28. The summed E-state index contributed by atoms with van der Waals surface area (Å²) in [6.07, 6.45) is 1.35. The molecule has 5 nitrogen and oxygen atoms in total. The van der Waals surface area contributed by atoms with E-state index in [-0.39, 0.29) is 22.6 Å². The van der Waals surface area contributed by atoms with Crippen molar-refractivity contribution in [2.24, 2.45) is 0 Å². The standard InChI is InChI=1S/C14H13ClN2O3/c1-8-3-4-10(16-9(2)18)7-12(8)17-14(19)11-5-6-20-13(11)15/h3-7H,1-2H3,(H,16,18)(H,17,19). The molecule has 2 aromatic rings. The average Bonchev–Trinajstić information content (AvgIpc) is 2.79. The highest BCUT2D eigenvalue weighted by Gasteiger charge is 2.14. The zero-order valence-corrected chi connectivity index (χ0v) is 11.7. The molecule has 20 heavy (non-hydrogen) atoms. The van der Waals surface area contributed by atoms with Crippen molar-refractivity contribution in [1.29, 1.82) is 0 Å². The smallest absolute Gasteiger partial charge is 0.260 e. The van der Waals surface area contributed by atoms with Gasteiger partial charge in [-0.2, -0.15) is 0 Å². The fourth-order valence-corrected chi connectivity index (χ4v) is 1.88. The number of carbonyl (C=O) groups is 2. The molecule has 0 aliphatic heterocycles. The topological polar surface area (TPSA) is 71.3 Å². The minimum atomic E-state index is -0.369. The second-order valence-electron chi connectivity index (χ2n) is 4.27. The van der Waals surface area contributed by atoms with Gasteiger partial charge in [0.2, 0.25) is 11.1 Å². The van der Waals surface area contributed by atoms with E-state index >= 15 is 0 Å². The van der Waals surface area contributed by atoms with Gasteiger partial charge in [0.05, 0.1) is 11.8 Å². The lowest BCUT2D eigenvalue weighted by molar-refractivity contribution is -0.114. The molecule has 0 unspecified atom stereocenters. The summed E-state index contributed by atoms with van der Waals surface area (Å²) in [5.74, 6) is -0.546. The molecule has 0 atom stereocenters. The fourth-order valence-electron chi connectivity index (χ4n) is 1.68. The molecule has 2 N–H and O–H groups in total. The van der Waals surface area contributed by atoms with E-state index in [0.29, 0.717) is 11.4 Å². The number of carbonyl (C=O) groups excluding carboxylic acids is 2. The summed E-state index contributed by atoms with van der Waals surface area (Å²) in [7, 11) is 0. The predicted octanol–water partition coefficient (Wildman–Crippen LogP) is 3.45. The minimum absolute atomic E-state index is 0.0400. The van der Waals surface area contributed by atoms with Crippen molar-refractivity contribution < 1.29 is 14.0 Å². The maximum atomic E-state index is 12.0. The van der Waals surface area contributed by atoms with Crippen LogP contribution in [-0.2, 0) is 4.79 Å². The van der Waals surface area contributed by atoms with Gasteiger partial charge in [-0.1, -0.05) is 6.07 Å². The molecule has 0 aliphatic carbocycles. The van der Waals surface area contributed by atoms with Crippen LogP contribution in [0.4, 0.5) is 11.4 Å². The minimum Gasteiger partial charge on any atom is -0.452 e. The monoisotopic (exact) mass is 292 g/mol. The molecule has 0 radical (unpaired) electrons. The number of hydrogen-bond donors (Lipinski definition) is 2. The maximum absolute atomic E-state index is 12.0. The van der Waals surface area contributed by atoms with Gasteiger partial charge in [-0.05, 0) is 42.3 Å². The lowest BCUT2D eigenvalue weighted by Crippen LogP contribution is -2.13. The third-order valence-electron chi connectivity index (χ3n) is 2.67. The molecular formula is C14H13ClN2O3. The van der Waals surface area contributed by atoms with Crippen LogP contribution in [0.5, 0.6) is 0 Å². The van der Waals surface area contributed by atoms with Crippen molar-refractivity contribution in [3.8, 4) is 0 Å². The highest BCUT2D eigenvalue weighted by Crippen LogP contribution is 2.23. The molecule has 0 aliphatic rings. The zero-order valence-electron chi connectivity index (χ0n) is 11.0. The van der Waals surface area contributed by atoms with Gasteiger partial charge in [0.1, 0.15) is 0 Å². The lowest BCUT2D eigenvalue weighted by Gasteiger charge is -2.10. The van der Waals surface area contributed by atoms with Crippen molar-refractivity contribution in [3.63, 3.8) is 0 Å². The predicted molar refractivity (Wildman–Crippen MR) is 77.2 cm³/mol. The molecule has 1 aromatic heterocycles. The van der Waals surface area contributed by atoms with Crippen LogP contribution in [0.3, 0.4) is 0 Å². The first-order chi connectivity index (χ1) is 9.47. The molecular weight excluding hydrogens is 280 g/mol. The van der Waals surface area contributed by atoms with E-state index in [1.54, 1.807) is 18.2 Å². The van der Waals surface area contributed by atoms with Crippen molar-refractivity contribution >= 4 is 34.8 Å². The largest absolute Gasteiger partial charge is 0.452 e. The van der Waals surface area contributed by atoms with Gasteiger partial charge >= 0.3 is 0 Å². The molecule has 0 saturated carbocycles. The Morgan fingerprint density at radius 2 is 1.95 bits per heavy atom. The third-order valence-corrected chi connectivity index (χ3v) is 2.96. The quantitative estimate of drug-likeness (QED) is 0.910. The van der Waals surface area contributed by atoms with Crippen molar-refractivity contribution in [2.45, 2.75) is 13.8 Å². The Kier molecular flexibility index (Phi) is 4.10. The summed E-state index contributed by atoms with van der Waals surface area (Å²) in [5, 5.41) is 5.43. The average molecular weight is 293 g/mol. The van der Waals surface area contributed by atoms with E-state index in [1.807, 2.05) is 6.92 Å². The second-order valence-corrected chi connectivity index (χ2v) is 4.62. The van der Waals surface area contributed by atoms with Gasteiger partial charge in [0.15, 0.2) is 0 Å². The number of anilines is 2. The van der Waals surface area contributed by atoms with E-state index in [0.717, 1.165) is 5.56 Å². The number of hydrogen-bond acceptors (Lipinski definition) is 3. The van der Waals surface area contributed by atoms with E-state index in [2.05, 4.69) is 10.6 Å². The Morgan fingerprint density at radius 3 is 2.55 bits per heavy atom. The summed E-state index contributed by atoms with van der Waals surface area (Å²) < 4.78 is 4.88. The van der Waals surface area contributed by atoms with Gasteiger partial charge in [-0.3, -0.25) is 9.59 Å². The van der Waals surface area contributed by atoms with Crippen LogP contribution >= 0.6 is 11.6 Å². The van der Waals surface area contributed by atoms with Crippen LogP contribution in [0.15, 0.2) is 34.9 Å². The summed E-state index contributed by atoms with van der Waals surface area (Å²) >= 11 is 5.76. The molecule has 0 saturated heterocycles. The highest BCUT2D eigenvalue weighted by molar-refractivity contribution is 6.32. The first-order valence-electron chi connectivity index (χ1n) is 5.90. The van der Waals surface area contributed by atoms with Gasteiger partial charge in [-0.15, -0.1) is 0 Å². The Hall–Kier alpha value is -2.27. The van der Waals surface area contributed by atoms with E-state index in [9.17, 15) is 9.59 Å². The van der Waals surface area contributed by atoms with E-state index < -0.39 is 0 Å². The van der Waals surface area contributed by atoms with Crippen molar-refractivity contribution in [3.05, 3.63) is 46.9 Å². The molecule has 0 spiro atoms. The molecule has 1 heterocycles. The van der Waals surface area contributed by atoms with Crippen LogP contribution in [0.2, 0.25) is 5.22 Å². The summed E-state index contributed by atoms with van der Waals surface area (Å²) in [5.41, 5.74) is 2.33. The lowest BCUT2D eigenvalue weighted by atomic mass is 10.1. The normalized spacial score (nSPS) is 10.2. The Morgan fingerprint density at radius 1 is 1.20 bits per heavy atom. The molecule has 2 rings (SSSR count). The molecule has 0 bridgehead atoms. The number of halogens is 1. The Balaban J connectivity index is 2.22. The van der Waals surface area contributed by atoms with E-state index in [1.165, 1.54) is 19.3 Å². The van der Waals surface area contributed by atoms with Crippen molar-refractivity contribution in [1.82, 2.24) is 0 Å². The Bertz CT molecular complexity index is 664. The van der Waals surface area contributed by atoms with Crippen LogP contribution in [-0.4, -0.2) is 11.8 Å². The molecule has 0 fully saturated rings. The first kappa shape index (κ1) is 14.1. The maximum Gasteiger partial charge on any atom is 0.260 e. The number of nitrogens with one attached hydrogen (secondary N) is 2. The SMILES string of the molecule is CC(=O)Nc1ccc(C)c(NC(=O)c2ccoc2Cl)c1. The number of furan rings is 1. The van der Waals surface area contributed by atoms with Crippen LogP contribution in [0.1, 0.15) is 22.8 Å². The van der Waals surface area contributed by atoms with Crippen LogP contribution in [0.25, 0.3) is 0 Å². The molecule has 104 valence electrons. The number of benzene rings is 1. The number of aryl methyl sites for hydroxylation is 1. The van der Waals surface area contributed by atoms with Crippen LogP contribution < -0.4 is 10.6 Å². The van der Waals surface area contributed by atoms with E-state index in [4.69, 9.17) is 16.0 Å². The van der Waals surface area contributed by atoms with Gasteiger partial charge in [0, 0.05) is 18.3 Å². The van der Waals surface area contributed by atoms with Gasteiger partial charge in [-0.25, -0.2) is 0 Å². The Labute approximate surface area is 120 Å². The molecule has 6 heteroatoms. The van der Waals surface area contributed by atoms with Gasteiger partial charge < -0.3 is 15.1 Å². The third kappa shape index (κ3) is 3.19. The fraction of sp³-hybridized carbons (Fsp3) is 0.143.